The van der Waals surface area contributed by atoms with Crippen molar-refractivity contribution in [1.82, 2.24) is 4.57 Å². The van der Waals surface area contributed by atoms with Crippen molar-refractivity contribution in [2.45, 2.75) is 13.5 Å². The third-order valence-corrected chi connectivity index (χ3v) is 3.83. The van der Waals surface area contributed by atoms with E-state index in [0.717, 1.165) is 17.0 Å². The second kappa shape index (κ2) is 9.80. The van der Waals surface area contributed by atoms with Gasteiger partial charge in [-0.3, -0.25) is 4.79 Å². The van der Waals surface area contributed by atoms with Gasteiger partial charge in [-0.1, -0.05) is 11.3 Å². The van der Waals surface area contributed by atoms with Crippen molar-refractivity contribution in [3.63, 3.8) is 0 Å². The number of benzene rings is 1. The first-order chi connectivity index (χ1) is 10.2. The van der Waals surface area contributed by atoms with E-state index in [1.54, 1.807) is 17.7 Å². The Labute approximate surface area is 169 Å². The first-order valence-electron chi connectivity index (χ1n) is 6.70. The minimum absolute atomic E-state index is 0. The Bertz CT molecular complexity index is 655. The molecule has 2 rings (SSSR count). The van der Waals surface area contributed by atoms with Gasteiger partial charge in [0, 0.05) is 46.4 Å². The average Bonchev–Trinajstić information content (AvgIpc) is 2.51. The number of halogens is 1. The van der Waals surface area contributed by atoms with Crippen LogP contribution < -0.4 is 10.3 Å². The van der Waals surface area contributed by atoms with Crippen LogP contribution in [0.25, 0.3) is 11.3 Å². The van der Waals surface area contributed by atoms with Gasteiger partial charge in [-0.15, -0.1) is 34.7 Å². The molecule has 4 nitrogen and oxygen atoms in total. The molecule has 1 heterocycles. The summed E-state index contributed by atoms with van der Waals surface area (Å²) in [6, 6.07) is 12.6. The summed E-state index contributed by atoms with van der Waals surface area (Å²) in [7, 11) is 1.64. The van der Waals surface area contributed by atoms with E-state index in [4.69, 9.17) is 9.47 Å². The normalized spacial score (nSPS) is 10.1. The van der Waals surface area contributed by atoms with E-state index in [1.807, 2.05) is 53.8 Å². The fourth-order valence-electron chi connectivity index (χ4n) is 1.99. The van der Waals surface area contributed by atoms with Crippen molar-refractivity contribution in [2.24, 2.45) is 0 Å². The third-order valence-electron chi connectivity index (χ3n) is 3.06. The summed E-state index contributed by atoms with van der Waals surface area (Å²) in [4.78, 5) is 12.1. The summed E-state index contributed by atoms with van der Waals surface area (Å²) < 4.78 is 12.9. The summed E-state index contributed by atoms with van der Waals surface area (Å²) in [5.41, 5.74) is 1.77. The molecule has 0 aliphatic rings. The van der Waals surface area contributed by atoms with E-state index in [-0.39, 0.29) is 38.3 Å². The van der Waals surface area contributed by atoms with E-state index in [2.05, 4.69) is 6.07 Å². The first-order valence-corrected chi connectivity index (χ1v) is 7.78. The minimum atomic E-state index is 0. The summed E-state index contributed by atoms with van der Waals surface area (Å²) in [5.74, 6) is 0.784. The van der Waals surface area contributed by atoms with Crippen molar-refractivity contribution in [1.29, 1.82) is 0 Å². The van der Waals surface area contributed by atoms with Crippen LogP contribution in [0, 0.1) is 9.64 Å². The number of ether oxygens (including phenoxy) is 2. The molecule has 0 aliphatic carbocycles. The predicted octanol–water partition coefficient (Wildman–Crippen LogP) is 2.96. The maximum atomic E-state index is 12.1. The molecule has 0 unspecified atom stereocenters. The van der Waals surface area contributed by atoms with E-state index < -0.39 is 0 Å². The van der Waals surface area contributed by atoms with Crippen LogP contribution in [-0.2, 0) is 44.0 Å². The molecule has 0 saturated heterocycles. The predicted molar refractivity (Wildman–Crippen MR) is 90.7 cm³/mol. The molecule has 0 saturated carbocycles. The summed E-state index contributed by atoms with van der Waals surface area (Å²) >= 11 is 2.04. The molecular formula is C16H17INO3Y-. The van der Waals surface area contributed by atoms with Gasteiger partial charge in [-0.25, -0.2) is 0 Å². The van der Waals surface area contributed by atoms with Crippen LogP contribution in [0.3, 0.4) is 0 Å². The molecule has 0 amide bonds. The molecule has 0 N–H and O–H groups in total. The Morgan fingerprint density at radius 3 is 2.50 bits per heavy atom. The molecule has 0 fully saturated rings. The van der Waals surface area contributed by atoms with Crippen LogP contribution in [0.4, 0.5) is 0 Å². The van der Waals surface area contributed by atoms with Gasteiger partial charge in [0.15, 0.2) is 0 Å². The molecule has 22 heavy (non-hydrogen) atoms. The number of aromatic nitrogens is 1. The number of nitrogens with zero attached hydrogens (tertiary/aromatic N) is 1. The Hall–Kier alpha value is -0.236. The number of methoxy groups -OCH3 is 1. The molecule has 0 aliphatic heterocycles. The second-order valence-corrected chi connectivity index (χ2v) is 5.56. The molecule has 1 aromatic carbocycles. The fourth-order valence-corrected chi connectivity index (χ4v) is 2.44. The van der Waals surface area contributed by atoms with Crippen LogP contribution in [0.1, 0.15) is 6.92 Å². The summed E-state index contributed by atoms with van der Waals surface area (Å²) in [5, 5.41) is 0. The van der Waals surface area contributed by atoms with Gasteiger partial charge in [-0.2, -0.15) is 12.1 Å². The van der Waals surface area contributed by atoms with E-state index >= 15 is 0 Å². The van der Waals surface area contributed by atoms with Gasteiger partial charge in [0.1, 0.15) is 12.4 Å². The van der Waals surface area contributed by atoms with Gasteiger partial charge < -0.3 is 14.0 Å². The van der Waals surface area contributed by atoms with E-state index in [9.17, 15) is 4.79 Å². The van der Waals surface area contributed by atoms with Crippen LogP contribution >= 0.6 is 22.6 Å². The van der Waals surface area contributed by atoms with Crippen molar-refractivity contribution >= 4 is 22.6 Å². The molecule has 0 spiro atoms. The minimum Gasteiger partial charge on any atom is -0.491 e. The second-order valence-electron chi connectivity index (χ2n) is 4.40. The molecule has 0 bridgehead atoms. The van der Waals surface area contributed by atoms with Gasteiger partial charge in [-0.05, 0) is 22.6 Å². The van der Waals surface area contributed by atoms with Gasteiger partial charge in [0.25, 0.3) is 0 Å². The van der Waals surface area contributed by atoms with Crippen LogP contribution in [-0.4, -0.2) is 24.9 Å². The molecule has 1 radical (unpaired) electrons. The summed E-state index contributed by atoms with van der Waals surface area (Å²) in [6.45, 7) is 3.65. The standard InChI is InChI=1S/C16H17INO3.Y/c1-3-18-15(9-8-14(17)16(18)19)12-4-6-13(7-5-12)21-11-10-20-2;/h4-8H,3,10-11H2,1-2H3;/q-1;. The Morgan fingerprint density at radius 2 is 1.91 bits per heavy atom. The van der Waals surface area contributed by atoms with Crippen molar-refractivity contribution in [2.75, 3.05) is 20.3 Å². The maximum absolute atomic E-state index is 12.1. The number of hydrogen-bond donors (Lipinski definition) is 0. The molecule has 6 heteroatoms. The Kier molecular flexibility index (Phi) is 8.83. The number of hydrogen-bond acceptors (Lipinski definition) is 3. The molecular weight excluding hydrogens is 470 g/mol. The fraction of sp³-hybridized carbons (Fsp3) is 0.312. The van der Waals surface area contributed by atoms with E-state index in [1.165, 1.54) is 0 Å². The van der Waals surface area contributed by atoms with Crippen molar-refractivity contribution in [3.05, 3.63) is 50.3 Å². The maximum Gasteiger partial charge on any atom is 0.207 e. The molecule has 115 valence electrons. The van der Waals surface area contributed by atoms with Crippen molar-refractivity contribution in [3.8, 4) is 17.0 Å². The molecule has 0 atom stereocenters. The third kappa shape index (κ3) is 4.88. The van der Waals surface area contributed by atoms with Crippen molar-refractivity contribution < 1.29 is 42.2 Å². The topological polar surface area (TPSA) is 40.5 Å². The van der Waals surface area contributed by atoms with Gasteiger partial charge in [0.05, 0.1) is 6.61 Å². The van der Waals surface area contributed by atoms with Gasteiger partial charge in [0.2, 0.25) is 5.56 Å². The monoisotopic (exact) mass is 487 g/mol. The van der Waals surface area contributed by atoms with Crippen LogP contribution in [0.2, 0.25) is 0 Å². The zero-order chi connectivity index (χ0) is 15.2. The molecule has 1 aromatic heterocycles. The first kappa shape index (κ1) is 19.8. The smallest absolute Gasteiger partial charge is 0.207 e. The zero-order valence-corrected chi connectivity index (χ0v) is 17.6. The Balaban J connectivity index is 0.00000242. The quantitative estimate of drug-likeness (QED) is 0.358. The van der Waals surface area contributed by atoms with Crippen LogP contribution in [0.15, 0.2) is 35.1 Å². The number of pyridine rings is 1. The van der Waals surface area contributed by atoms with E-state index in [0.29, 0.717) is 23.3 Å². The number of rotatable bonds is 6. The van der Waals surface area contributed by atoms with Crippen LogP contribution in [0.5, 0.6) is 5.75 Å². The largest absolute Gasteiger partial charge is 0.491 e. The Morgan fingerprint density at radius 1 is 1.23 bits per heavy atom. The SMILES string of the molecule is CCn1c(-c2ccc(OCCOC)cc2)[c-]cc(I)c1=O.[Y]. The summed E-state index contributed by atoms with van der Waals surface area (Å²) in [6.07, 6.45) is 0. The zero-order valence-electron chi connectivity index (χ0n) is 12.6. The average molecular weight is 487 g/mol. The molecule has 2 aromatic rings. The van der Waals surface area contributed by atoms with Gasteiger partial charge >= 0.3 is 0 Å².